The number of carbonyl (C=O) groups is 1. The lowest BCUT2D eigenvalue weighted by Gasteiger charge is -2.36. The van der Waals surface area contributed by atoms with E-state index < -0.39 is 0 Å². The highest BCUT2D eigenvalue weighted by Crippen LogP contribution is 2.24. The Kier molecular flexibility index (Phi) is 6.25. The van der Waals surface area contributed by atoms with Crippen LogP contribution >= 0.6 is 0 Å². The van der Waals surface area contributed by atoms with Crippen molar-refractivity contribution in [2.24, 2.45) is 0 Å². The van der Waals surface area contributed by atoms with Crippen LogP contribution in [0, 0.1) is 0 Å². The standard InChI is InChI=1S/C25H27N9O4/c1-36-13-14-37-18-6-4-17(5-7-18)31-8-10-32(11-9-31)21(35)16-33-15-19-22(29-33)28-25(26)34-24(19)27-23(30-34)20-3-2-12-38-20/h2-7,12,15H,8-11,13-14,16H2,1H3,(H2,26,28,29). The van der Waals surface area contributed by atoms with Gasteiger partial charge in [-0.15, -0.1) is 5.10 Å². The first-order valence-corrected chi connectivity index (χ1v) is 12.3. The molecule has 0 radical (unpaired) electrons. The molecular weight excluding hydrogens is 490 g/mol. The summed E-state index contributed by atoms with van der Waals surface area (Å²) in [5.74, 6) is 1.87. The summed E-state index contributed by atoms with van der Waals surface area (Å²) in [5, 5.41) is 9.52. The van der Waals surface area contributed by atoms with Gasteiger partial charge in [-0.2, -0.15) is 14.6 Å². The Hall–Kier alpha value is -4.65. The van der Waals surface area contributed by atoms with Gasteiger partial charge in [0.05, 0.1) is 18.3 Å². The third kappa shape index (κ3) is 4.59. The largest absolute Gasteiger partial charge is 0.491 e. The van der Waals surface area contributed by atoms with E-state index >= 15 is 0 Å². The molecule has 0 unspecified atom stereocenters. The Bertz CT molecular complexity index is 1550. The van der Waals surface area contributed by atoms with E-state index in [-0.39, 0.29) is 18.4 Å². The summed E-state index contributed by atoms with van der Waals surface area (Å²) in [4.78, 5) is 26.1. The van der Waals surface area contributed by atoms with Crippen LogP contribution in [0.4, 0.5) is 11.6 Å². The molecule has 38 heavy (non-hydrogen) atoms. The number of nitrogen functional groups attached to an aromatic ring is 1. The van der Waals surface area contributed by atoms with Crippen LogP contribution in [-0.2, 0) is 16.1 Å². The maximum Gasteiger partial charge on any atom is 0.244 e. The van der Waals surface area contributed by atoms with Gasteiger partial charge in [0.25, 0.3) is 0 Å². The fourth-order valence-corrected chi connectivity index (χ4v) is 4.49. The van der Waals surface area contributed by atoms with Gasteiger partial charge >= 0.3 is 0 Å². The van der Waals surface area contributed by atoms with Crippen molar-refractivity contribution in [1.82, 2.24) is 34.3 Å². The number of carbonyl (C=O) groups excluding carboxylic acids is 1. The number of methoxy groups -OCH3 is 1. The second kappa shape index (κ2) is 10.0. The number of hydrogen-bond acceptors (Lipinski definition) is 10. The third-order valence-corrected chi connectivity index (χ3v) is 6.46. The highest BCUT2D eigenvalue weighted by atomic mass is 16.5. The van der Waals surface area contributed by atoms with Crippen molar-refractivity contribution < 1.29 is 18.7 Å². The molecule has 1 aliphatic heterocycles. The third-order valence-electron chi connectivity index (χ3n) is 6.46. The van der Waals surface area contributed by atoms with Gasteiger partial charge in [0.2, 0.25) is 17.7 Å². The Morgan fingerprint density at radius 2 is 1.87 bits per heavy atom. The quantitative estimate of drug-likeness (QED) is 0.302. The molecule has 4 aromatic heterocycles. The number of ether oxygens (including phenoxy) is 2. The Morgan fingerprint density at radius 1 is 1.05 bits per heavy atom. The highest BCUT2D eigenvalue weighted by molar-refractivity contribution is 5.90. The number of benzene rings is 1. The van der Waals surface area contributed by atoms with Gasteiger partial charge in [0, 0.05) is 45.2 Å². The first kappa shape index (κ1) is 23.7. The topological polar surface area (TPSA) is 142 Å². The van der Waals surface area contributed by atoms with E-state index in [4.69, 9.17) is 19.6 Å². The van der Waals surface area contributed by atoms with Gasteiger partial charge in [-0.3, -0.25) is 9.48 Å². The number of amides is 1. The lowest BCUT2D eigenvalue weighted by molar-refractivity contribution is -0.132. The fourth-order valence-electron chi connectivity index (χ4n) is 4.49. The molecule has 0 bridgehead atoms. The monoisotopic (exact) mass is 517 g/mol. The number of aromatic nitrogens is 6. The van der Waals surface area contributed by atoms with E-state index in [0.29, 0.717) is 54.6 Å². The molecule has 13 nitrogen and oxygen atoms in total. The van der Waals surface area contributed by atoms with Crippen LogP contribution < -0.4 is 15.4 Å². The van der Waals surface area contributed by atoms with Crippen LogP contribution in [0.15, 0.2) is 53.3 Å². The minimum Gasteiger partial charge on any atom is -0.491 e. The number of piperazine rings is 1. The molecule has 1 saturated heterocycles. The summed E-state index contributed by atoms with van der Waals surface area (Å²) >= 11 is 0. The average molecular weight is 518 g/mol. The second-order valence-corrected chi connectivity index (χ2v) is 8.89. The zero-order valence-electron chi connectivity index (χ0n) is 20.9. The van der Waals surface area contributed by atoms with Crippen molar-refractivity contribution in [3.05, 3.63) is 48.9 Å². The maximum absolute atomic E-state index is 13.1. The first-order chi connectivity index (χ1) is 18.6. The van der Waals surface area contributed by atoms with E-state index in [2.05, 4.69) is 25.1 Å². The van der Waals surface area contributed by atoms with Crippen LogP contribution in [0.2, 0.25) is 0 Å². The molecule has 1 fully saturated rings. The molecular formula is C25H27N9O4. The summed E-state index contributed by atoms with van der Waals surface area (Å²) in [6.45, 7) is 3.89. The SMILES string of the molecule is COCCOc1ccc(N2CCN(C(=O)Cn3cc4c(nc(N)n5nc(-c6ccco6)nc45)n3)CC2)cc1. The molecule has 2 N–H and O–H groups in total. The number of rotatable bonds is 8. The molecule has 196 valence electrons. The van der Waals surface area contributed by atoms with Gasteiger partial charge in [-0.05, 0) is 36.4 Å². The predicted molar refractivity (Wildman–Crippen MR) is 139 cm³/mol. The molecule has 0 spiro atoms. The lowest BCUT2D eigenvalue weighted by atomic mass is 10.2. The van der Waals surface area contributed by atoms with Crippen molar-refractivity contribution in [2.75, 3.05) is 57.1 Å². The average Bonchev–Trinajstić information content (AvgIpc) is 3.69. The van der Waals surface area contributed by atoms with Gasteiger partial charge in [0.15, 0.2) is 17.1 Å². The number of nitrogens with two attached hydrogens (primary N) is 1. The van der Waals surface area contributed by atoms with E-state index in [9.17, 15) is 4.79 Å². The summed E-state index contributed by atoms with van der Waals surface area (Å²) in [6, 6.07) is 11.5. The molecule has 0 aliphatic carbocycles. The summed E-state index contributed by atoms with van der Waals surface area (Å²) in [5.41, 5.74) is 8.10. The van der Waals surface area contributed by atoms with Crippen LogP contribution in [0.1, 0.15) is 0 Å². The van der Waals surface area contributed by atoms with E-state index in [1.807, 2.05) is 29.2 Å². The smallest absolute Gasteiger partial charge is 0.244 e. The molecule has 0 atom stereocenters. The normalized spacial score (nSPS) is 14.0. The number of fused-ring (bicyclic) bond motifs is 3. The van der Waals surface area contributed by atoms with Crippen molar-refractivity contribution in [3.63, 3.8) is 0 Å². The molecule has 5 heterocycles. The Balaban J connectivity index is 1.11. The zero-order chi connectivity index (χ0) is 26.1. The molecule has 1 aromatic carbocycles. The van der Waals surface area contributed by atoms with Crippen LogP contribution in [-0.4, -0.2) is 86.7 Å². The van der Waals surface area contributed by atoms with Crippen molar-refractivity contribution in [1.29, 1.82) is 0 Å². The van der Waals surface area contributed by atoms with E-state index in [0.717, 1.165) is 24.5 Å². The molecule has 0 saturated carbocycles. The van der Waals surface area contributed by atoms with Gasteiger partial charge in [0.1, 0.15) is 18.9 Å². The molecule has 5 aromatic rings. The zero-order valence-corrected chi connectivity index (χ0v) is 20.9. The Morgan fingerprint density at radius 3 is 2.61 bits per heavy atom. The van der Waals surface area contributed by atoms with Crippen molar-refractivity contribution in [3.8, 4) is 17.3 Å². The van der Waals surface area contributed by atoms with Gasteiger partial charge in [-0.25, -0.2) is 4.98 Å². The molecule has 1 amide bonds. The lowest BCUT2D eigenvalue weighted by Crippen LogP contribution is -2.49. The molecule has 1 aliphatic rings. The van der Waals surface area contributed by atoms with Gasteiger partial charge in [-0.1, -0.05) is 0 Å². The number of anilines is 2. The van der Waals surface area contributed by atoms with Crippen molar-refractivity contribution in [2.45, 2.75) is 6.54 Å². The van der Waals surface area contributed by atoms with Crippen LogP contribution in [0.25, 0.3) is 28.3 Å². The van der Waals surface area contributed by atoms with E-state index in [1.54, 1.807) is 36.4 Å². The minimum atomic E-state index is -0.0129. The first-order valence-electron chi connectivity index (χ1n) is 12.3. The summed E-state index contributed by atoms with van der Waals surface area (Å²) in [6.07, 6.45) is 3.31. The number of furan rings is 1. The van der Waals surface area contributed by atoms with Crippen LogP contribution in [0.3, 0.4) is 0 Å². The minimum absolute atomic E-state index is 0.0129. The summed E-state index contributed by atoms with van der Waals surface area (Å²) < 4.78 is 19.1. The predicted octanol–water partition coefficient (Wildman–Crippen LogP) is 1.69. The maximum atomic E-state index is 13.1. The molecule has 6 rings (SSSR count). The second-order valence-electron chi connectivity index (χ2n) is 8.89. The fraction of sp³-hybridized carbons (Fsp3) is 0.320. The number of hydrogen-bond donors (Lipinski definition) is 1. The highest BCUT2D eigenvalue weighted by Gasteiger charge is 2.23. The number of nitrogens with zero attached hydrogens (tertiary/aromatic N) is 8. The van der Waals surface area contributed by atoms with Crippen molar-refractivity contribution >= 4 is 34.2 Å². The Labute approximate surface area is 217 Å². The van der Waals surface area contributed by atoms with Gasteiger partial charge < -0.3 is 29.4 Å². The molecule has 13 heteroatoms. The van der Waals surface area contributed by atoms with Crippen LogP contribution in [0.5, 0.6) is 5.75 Å². The van der Waals surface area contributed by atoms with E-state index in [1.165, 1.54) is 4.52 Å². The summed E-state index contributed by atoms with van der Waals surface area (Å²) in [7, 11) is 1.65.